The average molecular weight is 543 g/mol. The third-order valence-corrected chi connectivity index (χ3v) is 12.2. The van der Waals surface area contributed by atoms with Crippen LogP contribution in [0, 0.1) is 13.8 Å². The molecule has 0 saturated carbocycles. The van der Waals surface area contributed by atoms with Gasteiger partial charge in [-0.05, 0) is 0 Å². The molecule has 2 aliphatic rings. The largest absolute Gasteiger partial charge is 1.00 e. The number of benzene rings is 1. The summed E-state index contributed by atoms with van der Waals surface area (Å²) < 4.78 is 1.09. The van der Waals surface area contributed by atoms with E-state index in [1.165, 1.54) is 16.7 Å². The normalized spacial score (nSPS) is 20.6. The van der Waals surface area contributed by atoms with Crippen LogP contribution < -0.4 is 34.0 Å². The first-order chi connectivity index (χ1) is 10.7. The molecule has 0 radical (unpaired) electrons. The van der Waals surface area contributed by atoms with Crippen molar-refractivity contribution >= 4 is 6.08 Å². The van der Waals surface area contributed by atoms with Crippen LogP contribution in [0.5, 0.6) is 0 Å². The molecular weight excluding hydrogens is 515 g/mol. The first-order valence-electron chi connectivity index (χ1n) is 8.60. The molecular formula is C22H28Br2Zr. The Kier molecular flexibility index (Phi) is 7.57. The summed E-state index contributed by atoms with van der Waals surface area (Å²) in [5.74, 6) is 0. The van der Waals surface area contributed by atoms with Gasteiger partial charge in [-0.2, -0.15) is 0 Å². The second-order valence-corrected chi connectivity index (χ2v) is 12.3. The van der Waals surface area contributed by atoms with Crippen molar-refractivity contribution in [2.45, 2.75) is 62.1 Å². The number of allylic oxidation sites excluding steroid dienone is 5. The summed E-state index contributed by atoms with van der Waals surface area (Å²) in [5.41, 5.74) is 14.0. The number of hydrogen-bond donors (Lipinski definition) is 0. The van der Waals surface area contributed by atoms with Crippen molar-refractivity contribution in [1.29, 1.82) is 0 Å². The van der Waals surface area contributed by atoms with E-state index in [2.05, 4.69) is 73.6 Å². The number of halogens is 2. The van der Waals surface area contributed by atoms with Crippen LogP contribution in [0.1, 0.15) is 67.4 Å². The quantitative estimate of drug-likeness (QED) is 0.516. The molecule has 0 nitrogen and oxygen atoms in total. The van der Waals surface area contributed by atoms with Gasteiger partial charge in [-0.1, -0.05) is 0 Å². The van der Waals surface area contributed by atoms with Crippen LogP contribution >= 0.6 is 0 Å². The predicted molar refractivity (Wildman–Crippen MR) is 97.4 cm³/mol. The maximum absolute atomic E-state index is 2.53. The summed E-state index contributed by atoms with van der Waals surface area (Å²) in [4.78, 5) is 0. The van der Waals surface area contributed by atoms with Gasteiger partial charge in [0, 0.05) is 0 Å². The van der Waals surface area contributed by atoms with Gasteiger partial charge in [-0.3, -0.25) is 0 Å². The van der Waals surface area contributed by atoms with Gasteiger partial charge in [0.15, 0.2) is 0 Å². The van der Waals surface area contributed by atoms with Crippen LogP contribution in [0.25, 0.3) is 6.08 Å². The van der Waals surface area contributed by atoms with E-state index in [0.29, 0.717) is 3.12 Å². The first kappa shape index (κ1) is 23.3. The zero-order valence-corrected chi connectivity index (χ0v) is 22.2. The van der Waals surface area contributed by atoms with Gasteiger partial charge < -0.3 is 34.0 Å². The summed E-state index contributed by atoms with van der Waals surface area (Å²) in [5, 5.41) is 0. The van der Waals surface area contributed by atoms with E-state index >= 15 is 0 Å². The van der Waals surface area contributed by atoms with Crippen LogP contribution in [0.2, 0.25) is 3.12 Å². The molecule has 0 aliphatic heterocycles. The van der Waals surface area contributed by atoms with Crippen molar-refractivity contribution in [1.82, 2.24) is 0 Å². The fraction of sp³-hybridized carbons (Fsp3) is 0.455. The van der Waals surface area contributed by atoms with Crippen LogP contribution in [0.15, 0.2) is 40.0 Å². The molecule has 3 heteroatoms. The predicted octanol–water partition coefficient (Wildman–Crippen LogP) is 0.717. The van der Waals surface area contributed by atoms with Crippen molar-refractivity contribution in [3.8, 4) is 0 Å². The zero-order valence-electron chi connectivity index (χ0n) is 16.6. The van der Waals surface area contributed by atoms with Crippen LogP contribution in [0.4, 0.5) is 0 Å². The summed E-state index contributed by atoms with van der Waals surface area (Å²) in [7, 11) is 0. The number of hydrogen-bond acceptors (Lipinski definition) is 0. The van der Waals surface area contributed by atoms with E-state index in [-0.39, 0.29) is 34.0 Å². The van der Waals surface area contributed by atoms with Crippen LogP contribution in [0.3, 0.4) is 0 Å². The first-order valence-corrected chi connectivity index (χ1v) is 11.2. The average Bonchev–Trinajstić information content (AvgIpc) is 2.86. The molecule has 0 aromatic heterocycles. The molecule has 1 atom stereocenters. The van der Waals surface area contributed by atoms with E-state index in [4.69, 9.17) is 0 Å². The van der Waals surface area contributed by atoms with Crippen molar-refractivity contribution in [2.75, 3.05) is 0 Å². The number of fused-ring (bicyclic) bond motifs is 1. The minimum Gasteiger partial charge on any atom is -1.00 e. The monoisotopic (exact) mass is 540 g/mol. The van der Waals surface area contributed by atoms with E-state index < -0.39 is 23.2 Å². The molecule has 1 aromatic rings. The Morgan fingerprint density at radius 3 is 1.88 bits per heavy atom. The fourth-order valence-electron chi connectivity index (χ4n) is 4.29. The van der Waals surface area contributed by atoms with Gasteiger partial charge in [-0.15, -0.1) is 0 Å². The van der Waals surface area contributed by atoms with E-state index in [0.717, 1.165) is 3.63 Å². The molecule has 1 unspecified atom stereocenters. The Morgan fingerprint density at radius 1 is 0.840 bits per heavy atom. The Bertz CT molecular complexity index is 772. The van der Waals surface area contributed by atoms with Gasteiger partial charge in [0.05, 0.1) is 0 Å². The van der Waals surface area contributed by atoms with Crippen LogP contribution in [-0.2, 0) is 23.2 Å². The van der Waals surface area contributed by atoms with E-state index in [9.17, 15) is 0 Å². The van der Waals surface area contributed by atoms with Gasteiger partial charge in [0.1, 0.15) is 0 Å². The maximum atomic E-state index is 2.53. The van der Waals surface area contributed by atoms with Gasteiger partial charge in [0.25, 0.3) is 0 Å². The summed E-state index contributed by atoms with van der Waals surface area (Å²) in [6, 6.07) is 4.79. The summed E-state index contributed by atoms with van der Waals surface area (Å²) in [6.45, 7) is 18.8. The number of aryl methyl sites for hydroxylation is 2. The second-order valence-electron chi connectivity index (χ2n) is 7.68. The molecule has 0 fully saturated rings. The third-order valence-electron chi connectivity index (χ3n) is 6.32. The molecule has 2 aliphatic carbocycles. The molecule has 0 heterocycles. The molecule has 0 saturated heterocycles. The standard InChI is InChI=1S/C12H13.C10H15.2BrH.Zr/c1-8-4-10(3)12-7-9(2)6-11(12)5-8;1-6-7(2)9(4)10(5)8(6)3;;;/h4-7H,1-3H3;1-5H3;2*1H;/q;;;;+2/p-2. The van der Waals surface area contributed by atoms with Crippen LogP contribution in [-0.4, -0.2) is 0 Å². The summed E-state index contributed by atoms with van der Waals surface area (Å²) in [6.07, 6.45) is 2.46. The van der Waals surface area contributed by atoms with E-state index in [1.807, 2.05) is 0 Å². The molecule has 0 bridgehead atoms. The van der Waals surface area contributed by atoms with Gasteiger partial charge in [-0.25, -0.2) is 0 Å². The number of rotatable bonds is 2. The van der Waals surface area contributed by atoms with Crippen molar-refractivity contribution < 1.29 is 57.2 Å². The minimum atomic E-state index is -0.711. The van der Waals surface area contributed by atoms with Crippen molar-refractivity contribution in [2.24, 2.45) is 0 Å². The fourth-order valence-corrected chi connectivity index (χ4v) is 9.43. The van der Waals surface area contributed by atoms with Gasteiger partial charge >= 0.3 is 154 Å². The Balaban J connectivity index is 0.00000156. The molecule has 0 spiro atoms. The molecule has 1 aromatic carbocycles. The zero-order chi connectivity index (χ0) is 17.1. The van der Waals surface area contributed by atoms with E-state index in [1.54, 1.807) is 33.4 Å². The minimum absolute atomic E-state index is 0. The summed E-state index contributed by atoms with van der Waals surface area (Å²) >= 11 is -0.711. The Hall–Kier alpha value is 0.283. The maximum Gasteiger partial charge on any atom is -1.00 e. The molecule has 134 valence electrons. The molecule has 0 amide bonds. The third kappa shape index (κ3) is 3.67. The Morgan fingerprint density at radius 2 is 1.36 bits per heavy atom. The molecule has 25 heavy (non-hydrogen) atoms. The Labute approximate surface area is 186 Å². The van der Waals surface area contributed by atoms with Crippen molar-refractivity contribution in [3.05, 3.63) is 62.3 Å². The second kappa shape index (κ2) is 8.11. The SMILES string of the molecule is CC1=Cc2c(C)cc(C)cc2[CH]1[Zr+2][C]1(C)C(C)=C(C)C(C)=C1C.[Br-].[Br-]. The molecule has 0 N–H and O–H groups in total. The topological polar surface area (TPSA) is 0 Å². The van der Waals surface area contributed by atoms with Gasteiger partial charge in [0.2, 0.25) is 0 Å². The van der Waals surface area contributed by atoms with Crippen molar-refractivity contribution in [3.63, 3.8) is 0 Å². The molecule has 3 rings (SSSR count). The smallest absolute Gasteiger partial charge is 1.00 e.